The van der Waals surface area contributed by atoms with Crippen molar-refractivity contribution in [2.45, 2.75) is 25.6 Å². The summed E-state index contributed by atoms with van der Waals surface area (Å²) in [5.41, 5.74) is 0.892. The number of hydrogen-bond donors (Lipinski definition) is 1. The number of amides is 1. The van der Waals surface area contributed by atoms with E-state index in [0.717, 1.165) is 37.4 Å². The van der Waals surface area contributed by atoms with Crippen LogP contribution in [0.3, 0.4) is 0 Å². The second-order valence-corrected chi connectivity index (χ2v) is 5.73. The highest BCUT2D eigenvalue weighted by Crippen LogP contribution is 2.31. The predicted octanol–water partition coefficient (Wildman–Crippen LogP) is 0.506. The number of rotatable bonds is 3. The SMILES string of the molecule is Cc1cc(NC(=O)CN2CCC3(CC2)OCCO3)n(C)n1. The molecule has 2 aliphatic heterocycles. The molecule has 0 bridgehead atoms. The minimum Gasteiger partial charge on any atom is -0.347 e. The lowest BCUT2D eigenvalue weighted by molar-refractivity contribution is -0.185. The molecule has 1 aromatic rings. The number of aromatic nitrogens is 2. The molecule has 1 amide bonds. The van der Waals surface area contributed by atoms with Crippen molar-refractivity contribution in [2.75, 3.05) is 38.2 Å². The molecule has 0 unspecified atom stereocenters. The number of likely N-dealkylation sites (tertiary alicyclic amines) is 1. The van der Waals surface area contributed by atoms with Gasteiger partial charge in [-0.15, -0.1) is 0 Å². The summed E-state index contributed by atoms with van der Waals surface area (Å²) in [6.45, 7) is 5.29. The summed E-state index contributed by atoms with van der Waals surface area (Å²) in [5, 5.41) is 7.11. The monoisotopic (exact) mass is 294 g/mol. The zero-order valence-corrected chi connectivity index (χ0v) is 12.6. The summed E-state index contributed by atoms with van der Waals surface area (Å²) < 4.78 is 13.1. The molecule has 1 aromatic heterocycles. The number of aryl methyl sites for hydroxylation is 2. The van der Waals surface area contributed by atoms with Gasteiger partial charge in [-0.3, -0.25) is 14.4 Å². The fourth-order valence-corrected chi connectivity index (χ4v) is 2.95. The molecule has 3 heterocycles. The maximum Gasteiger partial charge on any atom is 0.239 e. The molecular formula is C14H22N4O3. The van der Waals surface area contributed by atoms with Gasteiger partial charge in [-0.2, -0.15) is 5.10 Å². The lowest BCUT2D eigenvalue weighted by Crippen LogP contribution is -2.47. The van der Waals surface area contributed by atoms with Gasteiger partial charge in [0.25, 0.3) is 0 Å². The number of anilines is 1. The number of piperidine rings is 1. The summed E-state index contributed by atoms with van der Waals surface area (Å²) in [7, 11) is 1.82. The maximum atomic E-state index is 12.1. The van der Waals surface area contributed by atoms with E-state index in [-0.39, 0.29) is 11.7 Å². The van der Waals surface area contributed by atoms with Crippen molar-refractivity contribution in [3.63, 3.8) is 0 Å². The fourth-order valence-electron chi connectivity index (χ4n) is 2.95. The van der Waals surface area contributed by atoms with Crippen molar-refractivity contribution < 1.29 is 14.3 Å². The molecular weight excluding hydrogens is 272 g/mol. The third-order valence-electron chi connectivity index (χ3n) is 4.07. The van der Waals surface area contributed by atoms with Gasteiger partial charge in [0.2, 0.25) is 5.91 Å². The van der Waals surface area contributed by atoms with Crippen LogP contribution in [0.4, 0.5) is 5.82 Å². The van der Waals surface area contributed by atoms with E-state index in [9.17, 15) is 4.79 Å². The third-order valence-corrected chi connectivity index (χ3v) is 4.07. The zero-order chi connectivity index (χ0) is 14.9. The molecule has 2 fully saturated rings. The molecule has 0 saturated carbocycles. The molecule has 2 saturated heterocycles. The quantitative estimate of drug-likeness (QED) is 0.879. The van der Waals surface area contributed by atoms with E-state index in [1.165, 1.54) is 0 Å². The normalized spacial score (nSPS) is 21.8. The fraction of sp³-hybridized carbons (Fsp3) is 0.714. The van der Waals surface area contributed by atoms with E-state index in [1.54, 1.807) is 4.68 Å². The summed E-state index contributed by atoms with van der Waals surface area (Å²) in [6.07, 6.45) is 1.65. The predicted molar refractivity (Wildman–Crippen MR) is 76.9 cm³/mol. The average Bonchev–Trinajstić information content (AvgIpc) is 3.01. The first kappa shape index (κ1) is 14.5. The Labute approximate surface area is 124 Å². The van der Waals surface area contributed by atoms with Gasteiger partial charge < -0.3 is 14.8 Å². The van der Waals surface area contributed by atoms with Crippen LogP contribution >= 0.6 is 0 Å². The molecule has 1 N–H and O–H groups in total. The molecule has 116 valence electrons. The highest BCUT2D eigenvalue weighted by molar-refractivity contribution is 5.91. The van der Waals surface area contributed by atoms with Crippen LogP contribution in [-0.4, -0.2) is 59.2 Å². The highest BCUT2D eigenvalue weighted by Gasteiger charge is 2.39. The largest absolute Gasteiger partial charge is 0.347 e. The van der Waals surface area contributed by atoms with Gasteiger partial charge in [-0.1, -0.05) is 0 Å². The van der Waals surface area contributed by atoms with Crippen molar-refractivity contribution in [2.24, 2.45) is 7.05 Å². The number of nitrogens with zero attached hydrogens (tertiary/aromatic N) is 3. The van der Waals surface area contributed by atoms with Crippen LogP contribution in [0, 0.1) is 6.92 Å². The smallest absolute Gasteiger partial charge is 0.239 e. The topological polar surface area (TPSA) is 68.6 Å². The Bertz CT molecular complexity index is 512. The average molecular weight is 294 g/mol. The molecule has 0 radical (unpaired) electrons. The molecule has 1 spiro atoms. The van der Waals surface area contributed by atoms with Crippen LogP contribution in [0.2, 0.25) is 0 Å². The van der Waals surface area contributed by atoms with Gasteiger partial charge in [0.05, 0.1) is 25.5 Å². The van der Waals surface area contributed by atoms with Crippen molar-refractivity contribution in [1.82, 2.24) is 14.7 Å². The molecule has 2 aliphatic rings. The van der Waals surface area contributed by atoms with Crippen molar-refractivity contribution in [3.8, 4) is 0 Å². The maximum absolute atomic E-state index is 12.1. The molecule has 3 rings (SSSR count). The Kier molecular flexibility index (Phi) is 3.97. The number of hydrogen-bond acceptors (Lipinski definition) is 5. The Hall–Kier alpha value is -1.44. The van der Waals surface area contributed by atoms with Gasteiger partial charge in [-0.25, -0.2) is 0 Å². The highest BCUT2D eigenvalue weighted by atomic mass is 16.7. The Morgan fingerprint density at radius 2 is 2.05 bits per heavy atom. The van der Waals surface area contributed by atoms with Crippen LogP contribution in [0.15, 0.2) is 6.07 Å². The minimum absolute atomic E-state index is 0.0118. The number of ether oxygens (including phenoxy) is 2. The minimum atomic E-state index is -0.383. The van der Waals surface area contributed by atoms with E-state index in [1.807, 2.05) is 20.0 Å². The number of carbonyl (C=O) groups excluding carboxylic acids is 1. The molecule has 21 heavy (non-hydrogen) atoms. The van der Waals surface area contributed by atoms with E-state index < -0.39 is 0 Å². The zero-order valence-electron chi connectivity index (χ0n) is 12.6. The van der Waals surface area contributed by atoms with Crippen LogP contribution in [-0.2, 0) is 21.3 Å². The van der Waals surface area contributed by atoms with Gasteiger partial charge >= 0.3 is 0 Å². The molecule has 0 aliphatic carbocycles. The van der Waals surface area contributed by atoms with Crippen LogP contribution < -0.4 is 5.32 Å². The second kappa shape index (κ2) is 5.75. The van der Waals surface area contributed by atoms with Crippen molar-refractivity contribution in [1.29, 1.82) is 0 Å². The summed E-state index contributed by atoms with van der Waals surface area (Å²) in [4.78, 5) is 14.2. The van der Waals surface area contributed by atoms with Gasteiger partial charge in [0.1, 0.15) is 5.82 Å². The van der Waals surface area contributed by atoms with Crippen molar-refractivity contribution >= 4 is 11.7 Å². The summed E-state index contributed by atoms with van der Waals surface area (Å²) >= 11 is 0. The van der Waals surface area contributed by atoms with Gasteiger partial charge in [-0.05, 0) is 6.92 Å². The number of nitrogens with one attached hydrogen (secondary N) is 1. The first-order chi connectivity index (χ1) is 10.1. The Morgan fingerprint density at radius 1 is 1.38 bits per heavy atom. The van der Waals surface area contributed by atoms with E-state index in [0.29, 0.717) is 19.8 Å². The number of carbonyl (C=O) groups is 1. The third kappa shape index (κ3) is 3.25. The summed E-state index contributed by atoms with van der Waals surface area (Å²) in [5.74, 6) is 0.335. The van der Waals surface area contributed by atoms with Crippen LogP contribution in [0.5, 0.6) is 0 Å². The Morgan fingerprint density at radius 3 is 2.62 bits per heavy atom. The van der Waals surface area contributed by atoms with Crippen LogP contribution in [0.25, 0.3) is 0 Å². The van der Waals surface area contributed by atoms with Crippen molar-refractivity contribution in [3.05, 3.63) is 11.8 Å². The van der Waals surface area contributed by atoms with E-state index in [2.05, 4.69) is 15.3 Å². The molecule has 0 atom stereocenters. The lowest BCUT2D eigenvalue weighted by atomic mass is 10.0. The summed E-state index contributed by atoms with van der Waals surface area (Å²) in [6, 6.07) is 1.86. The standard InChI is InChI=1S/C14H22N4O3/c1-11-9-12(17(2)16-11)15-13(19)10-18-5-3-14(4-6-18)20-7-8-21-14/h9H,3-8,10H2,1-2H3,(H,15,19). The second-order valence-electron chi connectivity index (χ2n) is 5.73. The van der Waals surface area contributed by atoms with Crippen LogP contribution in [0.1, 0.15) is 18.5 Å². The molecule has 7 nitrogen and oxygen atoms in total. The first-order valence-corrected chi connectivity index (χ1v) is 7.37. The van der Waals surface area contributed by atoms with Gasteiger partial charge in [0.15, 0.2) is 5.79 Å². The molecule has 7 heteroatoms. The van der Waals surface area contributed by atoms with E-state index >= 15 is 0 Å². The molecule has 0 aromatic carbocycles. The first-order valence-electron chi connectivity index (χ1n) is 7.37. The Balaban J connectivity index is 1.49. The lowest BCUT2D eigenvalue weighted by Gasteiger charge is -2.37. The van der Waals surface area contributed by atoms with Gasteiger partial charge in [0, 0.05) is 39.0 Å². The van der Waals surface area contributed by atoms with E-state index in [4.69, 9.17) is 9.47 Å².